The zero-order valence-corrected chi connectivity index (χ0v) is 8.05. The summed E-state index contributed by atoms with van der Waals surface area (Å²) in [5.41, 5.74) is 6.69. The smallest absolute Gasteiger partial charge is 0.238 e. The van der Waals surface area contributed by atoms with Crippen molar-refractivity contribution in [3.63, 3.8) is 0 Å². The zero-order chi connectivity index (χ0) is 10.6. The average molecular weight is 194 g/mol. The molecule has 4 N–H and O–H groups in total. The van der Waals surface area contributed by atoms with Gasteiger partial charge in [-0.25, -0.2) is 5.84 Å². The fourth-order valence-electron chi connectivity index (χ4n) is 1.06. The Morgan fingerprint density at radius 2 is 2.14 bits per heavy atom. The van der Waals surface area contributed by atoms with E-state index in [4.69, 9.17) is 11.6 Å². The Morgan fingerprint density at radius 3 is 2.64 bits per heavy atom. The first-order chi connectivity index (χ1) is 6.61. The van der Waals surface area contributed by atoms with Gasteiger partial charge < -0.3 is 5.73 Å². The Morgan fingerprint density at radius 1 is 1.57 bits per heavy atom. The highest BCUT2D eigenvalue weighted by atomic mass is 16.2. The summed E-state index contributed by atoms with van der Waals surface area (Å²) in [6.45, 7) is 0. The van der Waals surface area contributed by atoms with Gasteiger partial charge in [-0.15, -0.1) is 0 Å². The number of aromatic nitrogens is 1. The van der Waals surface area contributed by atoms with Crippen molar-refractivity contribution in [1.82, 2.24) is 9.99 Å². The molecule has 0 saturated heterocycles. The van der Waals surface area contributed by atoms with E-state index in [1.807, 2.05) is 0 Å². The summed E-state index contributed by atoms with van der Waals surface area (Å²) in [4.78, 5) is 15.1. The van der Waals surface area contributed by atoms with Gasteiger partial charge in [0, 0.05) is 31.9 Å². The predicted molar refractivity (Wildman–Crippen MR) is 52.7 cm³/mol. The molecule has 0 saturated carbocycles. The molecule has 1 aromatic heterocycles. The summed E-state index contributed by atoms with van der Waals surface area (Å²) in [6, 6.07) is 3.25. The Hall–Kier alpha value is -1.46. The third-order valence-corrected chi connectivity index (χ3v) is 1.92. The summed E-state index contributed by atoms with van der Waals surface area (Å²) >= 11 is 0. The molecule has 0 aliphatic heterocycles. The molecule has 0 radical (unpaired) electrons. The molecule has 1 unspecified atom stereocenters. The standard InChI is InChI=1S/C9H14N4O/c1-13(11)9(14)6-8(10)7-2-4-12-5-3-7/h2-5,8H,6,10-11H2,1H3. The lowest BCUT2D eigenvalue weighted by Gasteiger charge is -2.14. The van der Waals surface area contributed by atoms with Gasteiger partial charge in [-0.05, 0) is 17.7 Å². The topological polar surface area (TPSA) is 85.2 Å². The maximum atomic E-state index is 11.2. The van der Waals surface area contributed by atoms with Gasteiger partial charge in [0.2, 0.25) is 5.91 Å². The molecular formula is C9H14N4O. The molecule has 5 nitrogen and oxygen atoms in total. The van der Waals surface area contributed by atoms with Crippen LogP contribution in [0.25, 0.3) is 0 Å². The van der Waals surface area contributed by atoms with Crippen molar-refractivity contribution >= 4 is 5.91 Å². The number of hydrogen-bond acceptors (Lipinski definition) is 4. The molecule has 0 bridgehead atoms. The van der Waals surface area contributed by atoms with Crippen molar-refractivity contribution in [2.75, 3.05) is 7.05 Å². The summed E-state index contributed by atoms with van der Waals surface area (Å²) in [7, 11) is 1.50. The van der Waals surface area contributed by atoms with Crippen molar-refractivity contribution in [3.05, 3.63) is 30.1 Å². The minimum absolute atomic E-state index is 0.186. The highest BCUT2D eigenvalue weighted by Gasteiger charge is 2.12. The first-order valence-electron chi connectivity index (χ1n) is 4.28. The number of carbonyl (C=O) groups excluding carboxylic acids is 1. The Balaban J connectivity index is 2.59. The first kappa shape index (κ1) is 10.6. The van der Waals surface area contributed by atoms with Crippen LogP contribution >= 0.6 is 0 Å². The van der Waals surface area contributed by atoms with Crippen LogP contribution in [0, 0.1) is 0 Å². The van der Waals surface area contributed by atoms with Crippen LogP contribution in [0.1, 0.15) is 18.0 Å². The summed E-state index contributed by atoms with van der Waals surface area (Å²) < 4.78 is 0. The quantitative estimate of drug-likeness (QED) is 0.396. The van der Waals surface area contributed by atoms with Gasteiger partial charge in [-0.2, -0.15) is 0 Å². The fraction of sp³-hybridized carbons (Fsp3) is 0.333. The Bertz CT molecular complexity index is 299. The lowest BCUT2D eigenvalue weighted by Crippen LogP contribution is -2.35. The molecule has 1 atom stereocenters. The average Bonchev–Trinajstić information content (AvgIpc) is 2.19. The van der Waals surface area contributed by atoms with E-state index >= 15 is 0 Å². The van der Waals surface area contributed by atoms with E-state index in [2.05, 4.69) is 4.98 Å². The van der Waals surface area contributed by atoms with E-state index in [1.165, 1.54) is 7.05 Å². The van der Waals surface area contributed by atoms with Crippen molar-refractivity contribution in [3.8, 4) is 0 Å². The number of carbonyl (C=O) groups is 1. The molecule has 1 aromatic rings. The van der Waals surface area contributed by atoms with Crippen LogP contribution in [0.2, 0.25) is 0 Å². The molecule has 0 aromatic carbocycles. The minimum atomic E-state index is -0.323. The van der Waals surface area contributed by atoms with Crippen molar-refractivity contribution in [2.24, 2.45) is 11.6 Å². The van der Waals surface area contributed by atoms with Gasteiger partial charge in [-0.3, -0.25) is 14.8 Å². The first-order valence-corrected chi connectivity index (χ1v) is 4.28. The van der Waals surface area contributed by atoms with Gasteiger partial charge >= 0.3 is 0 Å². The molecule has 1 amide bonds. The van der Waals surface area contributed by atoms with Gasteiger partial charge in [0.15, 0.2) is 0 Å². The molecule has 0 fully saturated rings. The fourth-order valence-corrected chi connectivity index (χ4v) is 1.06. The second kappa shape index (κ2) is 4.69. The van der Waals surface area contributed by atoms with Crippen molar-refractivity contribution in [1.29, 1.82) is 0 Å². The third-order valence-electron chi connectivity index (χ3n) is 1.92. The number of nitrogens with zero attached hydrogens (tertiary/aromatic N) is 2. The molecule has 0 aliphatic carbocycles. The molecule has 5 heteroatoms. The number of hydrazine groups is 1. The molecule has 76 valence electrons. The predicted octanol–water partition coefficient (Wildman–Crippen LogP) is -0.196. The molecule has 1 rings (SSSR count). The number of rotatable bonds is 3. The molecule has 14 heavy (non-hydrogen) atoms. The lowest BCUT2D eigenvalue weighted by atomic mass is 10.1. The normalized spacial score (nSPS) is 12.2. The SMILES string of the molecule is CN(N)C(=O)CC(N)c1ccncc1. The monoisotopic (exact) mass is 194 g/mol. The van der Waals surface area contributed by atoms with Crippen molar-refractivity contribution < 1.29 is 4.79 Å². The molecular weight excluding hydrogens is 180 g/mol. The van der Waals surface area contributed by atoms with E-state index < -0.39 is 0 Å². The van der Waals surface area contributed by atoms with Crippen LogP contribution in [0.15, 0.2) is 24.5 Å². The second-order valence-corrected chi connectivity index (χ2v) is 3.10. The van der Waals surface area contributed by atoms with Crippen LogP contribution in [0.4, 0.5) is 0 Å². The highest BCUT2D eigenvalue weighted by molar-refractivity contribution is 5.76. The molecule has 0 aliphatic rings. The highest BCUT2D eigenvalue weighted by Crippen LogP contribution is 2.12. The number of amides is 1. The van der Waals surface area contributed by atoms with Crippen molar-refractivity contribution in [2.45, 2.75) is 12.5 Å². The summed E-state index contributed by atoms with van der Waals surface area (Å²) in [5, 5.41) is 1.04. The number of nitrogens with two attached hydrogens (primary N) is 2. The second-order valence-electron chi connectivity index (χ2n) is 3.10. The minimum Gasteiger partial charge on any atom is -0.324 e. The van der Waals surface area contributed by atoms with E-state index in [0.717, 1.165) is 10.6 Å². The van der Waals surface area contributed by atoms with E-state index in [-0.39, 0.29) is 18.4 Å². The van der Waals surface area contributed by atoms with E-state index in [9.17, 15) is 4.79 Å². The maximum absolute atomic E-state index is 11.2. The molecule has 0 spiro atoms. The van der Waals surface area contributed by atoms with Crippen LogP contribution in [0.3, 0.4) is 0 Å². The van der Waals surface area contributed by atoms with Gasteiger partial charge in [0.05, 0.1) is 0 Å². The lowest BCUT2D eigenvalue weighted by molar-refractivity contribution is -0.130. The van der Waals surface area contributed by atoms with Gasteiger partial charge in [-0.1, -0.05) is 0 Å². The van der Waals surface area contributed by atoms with E-state index in [1.54, 1.807) is 24.5 Å². The summed E-state index contributed by atoms with van der Waals surface area (Å²) in [5.74, 6) is 5.09. The Kier molecular flexibility index (Phi) is 3.55. The van der Waals surface area contributed by atoms with Crippen LogP contribution in [-0.4, -0.2) is 22.9 Å². The van der Waals surface area contributed by atoms with Gasteiger partial charge in [0.1, 0.15) is 0 Å². The Labute approximate surface area is 82.7 Å². The maximum Gasteiger partial charge on any atom is 0.238 e. The zero-order valence-electron chi connectivity index (χ0n) is 8.05. The van der Waals surface area contributed by atoms with Crippen LogP contribution < -0.4 is 11.6 Å². The summed E-state index contributed by atoms with van der Waals surface area (Å²) in [6.07, 6.45) is 3.49. The molecule has 1 heterocycles. The number of hydrogen-bond donors (Lipinski definition) is 2. The largest absolute Gasteiger partial charge is 0.324 e. The van der Waals surface area contributed by atoms with E-state index in [0.29, 0.717) is 0 Å². The van der Waals surface area contributed by atoms with Gasteiger partial charge in [0.25, 0.3) is 0 Å². The van der Waals surface area contributed by atoms with Crippen LogP contribution in [0.5, 0.6) is 0 Å². The van der Waals surface area contributed by atoms with Crippen LogP contribution in [-0.2, 0) is 4.79 Å². The number of pyridine rings is 1. The third kappa shape index (κ3) is 2.79.